The molecule has 0 unspecified atom stereocenters. The van der Waals surface area contributed by atoms with Crippen LogP contribution in [0.3, 0.4) is 0 Å². The molecule has 1 aliphatic heterocycles. The highest BCUT2D eigenvalue weighted by Gasteiger charge is 2.21. The Kier molecular flexibility index (Phi) is 5.05. The second-order valence-corrected chi connectivity index (χ2v) is 6.87. The monoisotopic (exact) mass is 379 g/mol. The topological polar surface area (TPSA) is 69.2 Å². The van der Waals surface area contributed by atoms with Gasteiger partial charge in [-0.3, -0.25) is 4.90 Å². The number of nitriles is 1. The van der Waals surface area contributed by atoms with Gasteiger partial charge in [-0.1, -0.05) is 28.9 Å². The Hall–Kier alpha value is -2.88. The van der Waals surface area contributed by atoms with Crippen LogP contribution in [-0.2, 0) is 6.54 Å². The number of pyridine rings is 1. The van der Waals surface area contributed by atoms with Crippen LogP contribution in [-0.4, -0.2) is 41.2 Å². The van der Waals surface area contributed by atoms with Gasteiger partial charge in [-0.25, -0.2) is 4.98 Å². The van der Waals surface area contributed by atoms with E-state index in [9.17, 15) is 5.26 Å². The van der Waals surface area contributed by atoms with Crippen molar-refractivity contribution in [3.05, 3.63) is 65.0 Å². The summed E-state index contributed by atoms with van der Waals surface area (Å²) in [6, 6.07) is 15.3. The Morgan fingerprint density at radius 2 is 1.89 bits per heavy atom. The smallest absolute Gasteiger partial charge is 0.151 e. The van der Waals surface area contributed by atoms with Crippen molar-refractivity contribution in [2.75, 3.05) is 31.1 Å². The molecule has 1 aromatic carbocycles. The second kappa shape index (κ2) is 7.78. The van der Waals surface area contributed by atoms with E-state index < -0.39 is 0 Å². The maximum absolute atomic E-state index is 9.25. The molecule has 0 bridgehead atoms. The van der Waals surface area contributed by atoms with Crippen LogP contribution in [0.5, 0.6) is 0 Å². The lowest BCUT2D eigenvalue weighted by molar-refractivity contribution is 0.219. The molecule has 0 saturated carbocycles. The van der Waals surface area contributed by atoms with E-state index >= 15 is 0 Å². The van der Waals surface area contributed by atoms with Gasteiger partial charge in [0.1, 0.15) is 17.6 Å². The van der Waals surface area contributed by atoms with E-state index in [0.717, 1.165) is 49.0 Å². The minimum absolute atomic E-state index is 0.619. The van der Waals surface area contributed by atoms with Gasteiger partial charge in [-0.15, -0.1) is 0 Å². The maximum Gasteiger partial charge on any atom is 0.151 e. The van der Waals surface area contributed by atoms with Crippen LogP contribution < -0.4 is 4.90 Å². The molecule has 0 spiro atoms. The number of hydrogen-bond acceptors (Lipinski definition) is 6. The summed E-state index contributed by atoms with van der Waals surface area (Å²) in [5.74, 6) is 1.60. The van der Waals surface area contributed by atoms with Gasteiger partial charge in [0, 0.05) is 49.0 Å². The lowest BCUT2D eigenvalue weighted by atomic mass is 10.1. The van der Waals surface area contributed by atoms with Crippen LogP contribution in [0.1, 0.15) is 11.3 Å². The third-order valence-electron chi connectivity index (χ3n) is 4.66. The van der Waals surface area contributed by atoms with Crippen molar-refractivity contribution < 1.29 is 4.52 Å². The van der Waals surface area contributed by atoms with E-state index in [1.54, 1.807) is 12.3 Å². The van der Waals surface area contributed by atoms with E-state index in [2.05, 4.69) is 26.0 Å². The molecule has 1 saturated heterocycles. The van der Waals surface area contributed by atoms with Crippen molar-refractivity contribution in [1.82, 2.24) is 15.0 Å². The van der Waals surface area contributed by atoms with Gasteiger partial charge in [0.05, 0.1) is 12.1 Å². The fourth-order valence-electron chi connectivity index (χ4n) is 3.22. The molecule has 2 aromatic heterocycles. The zero-order chi connectivity index (χ0) is 18.6. The van der Waals surface area contributed by atoms with Crippen LogP contribution >= 0.6 is 11.6 Å². The van der Waals surface area contributed by atoms with Gasteiger partial charge < -0.3 is 9.42 Å². The number of anilines is 1. The van der Waals surface area contributed by atoms with E-state index in [-0.39, 0.29) is 0 Å². The summed E-state index contributed by atoms with van der Waals surface area (Å²) in [6.07, 6.45) is 1.73. The van der Waals surface area contributed by atoms with Gasteiger partial charge in [-0.05, 0) is 24.3 Å². The molecule has 0 atom stereocenters. The minimum atomic E-state index is 0.619. The Balaban J connectivity index is 1.37. The third-order valence-corrected chi connectivity index (χ3v) is 4.91. The average Bonchev–Trinajstić information content (AvgIpc) is 3.17. The molecule has 0 N–H and O–H groups in total. The minimum Gasteiger partial charge on any atom is -0.359 e. The number of aromatic nitrogens is 2. The molecular weight excluding hydrogens is 362 g/mol. The fourth-order valence-corrected chi connectivity index (χ4v) is 3.34. The first kappa shape index (κ1) is 17.5. The lowest BCUT2D eigenvalue weighted by Crippen LogP contribution is -2.46. The number of hydrogen-bond donors (Lipinski definition) is 0. The van der Waals surface area contributed by atoms with Gasteiger partial charge in [0.25, 0.3) is 0 Å². The molecule has 0 radical (unpaired) electrons. The predicted molar refractivity (Wildman–Crippen MR) is 103 cm³/mol. The highest BCUT2D eigenvalue weighted by Crippen LogP contribution is 2.23. The normalized spacial score (nSPS) is 14.9. The first-order valence-corrected chi connectivity index (χ1v) is 9.15. The standard InChI is InChI=1S/C20H18ClN5O/c21-17-5-3-15(4-6-17)19-12-18(27-24-19)14-25-8-10-26(11-9-25)20-16(13-22)2-1-7-23-20/h1-7,12H,8-11,14H2. The van der Waals surface area contributed by atoms with Crippen molar-refractivity contribution in [2.24, 2.45) is 0 Å². The molecule has 27 heavy (non-hydrogen) atoms. The van der Waals surface area contributed by atoms with Gasteiger partial charge in [0.15, 0.2) is 5.76 Å². The molecule has 0 aliphatic carbocycles. The van der Waals surface area contributed by atoms with E-state index in [1.165, 1.54) is 0 Å². The highest BCUT2D eigenvalue weighted by atomic mass is 35.5. The van der Waals surface area contributed by atoms with E-state index in [1.807, 2.05) is 36.4 Å². The van der Waals surface area contributed by atoms with Crippen molar-refractivity contribution in [3.8, 4) is 17.3 Å². The lowest BCUT2D eigenvalue weighted by Gasteiger charge is -2.35. The predicted octanol–water partition coefficient (Wildman–Crippen LogP) is 3.58. The van der Waals surface area contributed by atoms with Crippen molar-refractivity contribution in [2.45, 2.75) is 6.54 Å². The van der Waals surface area contributed by atoms with Crippen molar-refractivity contribution >= 4 is 17.4 Å². The van der Waals surface area contributed by atoms with Gasteiger partial charge in [0.2, 0.25) is 0 Å². The van der Waals surface area contributed by atoms with Crippen LogP contribution in [0.4, 0.5) is 5.82 Å². The summed E-state index contributed by atoms with van der Waals surface area (Å²) in [5.41, 5.74) is 2.42. The van der Waals surface area contributed by atoms with Crippen molar-refractivity contribution in [3.63, 3.8) is 0 Å². The molecule has 1 fully saturated rings. The molecule has 0 amide bonds. The number of rotatable bonds is 4. The summed E-state index contributed by atoms with van der Waals surface area (Å²) in [7, 11) is 0. The number of piperazine rings is 1. The highest BCUT2D eigenvalue weighted by molar-refractivity contribution is 6.30. The molecular formula is C20H18ClN5O. The first-order valence-electron chi connectivity index (χ1n) is 8.77. The molecule has 3 heterocycles. The molecule has 1 aliphatic rings. The van der Waals surface area contributed by atoms with E-state index in [4.69, 9.17) is 16.1 Å². The Labute approximate surface area is 162 Å². The van der Waals surface area contributed by atoms with Crippen LogP contribution in [0.15, 0.2) is 53.2 Å². The number of halogens is 1. The van der Waals surface area contributed by atoms with Crippen LogP contribution in [0.2, 0.25) is 5.02 Å². The molecule has 6 nitrogen and oxygen atoms in total. The second-order valence-electron chi connectivity index (χ2n) is 6.43. The number of benzene rings is 1. The Bertz CT molecular complexity index is 955. The maximum atomic E-state index is 9.25. The molecule has 7 heteroatoms. The fraction of sp³-hybridized carbons (Fsp3) is 0.250. The van der Waals surface area contributed by atoms with E-state index in [0.29, 0.717) is 17.1 Å². The van der Waals surface area contributed by atoms with Crippen LogP contribution in [0, 0.1) is 11.3 Å². The largest absolute Gasteiger partial charge is 0.359 e. The van der Waals surface area contributed by atoms with Gasteiger partial charge >= 0.3 is 0 Å². The third kappa shape index (κ3) is 3.95. The summed E-state index contributed by atoms with van der Waals surface area (Å²) in [5, 5.41) is 14.1. The summed E-state index contributed by atoms with van der Waals surface area (Å²) in [6.45, 7) is 4.10. The first-order chi connectivity index (χ1) is 13.2. The summed E-state index contributed by atoms with van der Waals surface area (Å²) < 4.78 is 5.51. The average molecular weight is 380 g/mol. The number of nitrogens with zero attached hydrogens (tertiary/aromatic N) is 5. The Morgan fingerprint density at radius 1 is 1.11 bits per heavy atom. The van der Waals surface area contributed by atoms with Crippen LogP contribution in [0.25, 0.3) is 11.3 Å². The molecule has 136 valence electrons. The van der Waals surface area contributed by atoms with Crippen molar-refractivity contribution in [1.29, 1.82) is 5.26 Å². The zero-order valence-electron chi connectivity index (χ0n) is 14.7. The zero-order valence-corrected chi connectivity index (χ0v) is 15.4. The Morgan fingerprint density at radius 3 is 2.63 bits per heavy atom. The molecule has 4 rings (SSSR count). The summed E-state index contributed by atoms with van der Waals surface area (Å²) in [4.78, 5) is 8.85. The van der Waals surface area contributed by atoms with Gasteiger partial charge in [-0.2, -0.15) is 5.26 Å². The SMILES string of the molecule is N#Cc1cccnc1N1CCN(Cc2cc(-c3ccc(Cl)cc3)no2)CC1. The molecule has 3 aromatic rings. The quantitative estimate of drug-likeness (QED) is 0.690. The summed E-state index contributed by atoms with van der Waals surface area (Å²) >= 11 is 5.93.